The molecule has 1 atom stereocenters. The first-order valence-corrected chi connectivity index (χ1v) is 7.07. The van der Waals surface area contributed by atoms with E-state index >= 15 is 0 Å². The van der Waals surface area contributed by atoms with E-state index in [1.54, 1.807) is 6.20 Å². The fraction of sp³-hybridized carbons (Fsp3) is 0.438. The van der Waals surface area contributed by atoms with Crippen LogP contribution in [0.3, 0.4) is 0 Å². The largest absolute Gasteiger partial charge is 0.388 e. The van der Waals surface area contributed by atoms with E-state index in [4.69, 9.17) is 0 Å². The van der Waals surface area contributed by atoms with Crippen LogP contribution in [-0.2, 0) is 0 Å². The summed E-state index contributed by atoms with van der Waals surface area (Å²) >= 11 is 0. The van der Waals surface area contributed by atoms with E-state index < -0.39 is 0 Å². The number of aliphatic hydroxyl groups is 1. The van der Waals surface area contributed by atoms with Crippen LogP contribution in [-0.4, -0.2) is 23.2 Å². The molecule has 2 heterocycles. The second-order valence-electron chi connectivity index (χ2n) is 5.36. The molecule has 1 fully saturated rings. The van der Waals surface area contributed by atoms with Crippen LogP contribution in [0, 0.1) is 5.92 Å². The van der Waals surface area contributed by atoms with Crippen molar-refractivity contribution in [2.24, 2.45) is 5.92 Å². The van der Waals surface area contributed by atoms with Crippen LogP contribution in [0.1, 0.15) is 30.9 Å². The maximum absolute atomic E-state index is 10.5. The predicted octanol–water partition coefficient (Wildman–Crippen LogP) is 2.66. The van der Waals surface area contributed by atoms with E-state index in [9.17, 15) is 5.11 Å². The molecular formula is C16H20N2O. The van der Waals surface area contributed by atoms with E-state index in [2.05, 4.69) is 10.3 Å². The van der Waals surface area contributed by atoms with Crippen molar-refractivity contribution in [2.75, 3.05) is 13.1 Å². The summed E-state index contributed by atoms with van der Waals surface area (Å²) in [5.74, 6) is 0.628. The van der Waals surface area contributed by atoms with Gasteiger partial charge in [0.25, 0.3) is 0 Å². The lowest BCUT2D eigenvalue weighted by Crippen LogP contribution is -2.28. The van der Waals surface area contributed by atoms with Gasteiger partial charge < -0.3 is 10.4 Å². The highest BCUT2D eigenvalue weighted by Crippen LogP contribution is 2.30. The number of aromatic nitrogens is 1. The van der Waals surface area contributed by atoms with Crippen molar-refractivity contribution in [2.45, 2.75) is 25.4 Å². The van der Waals surface area contributed by atoms with E-state index in [-0.39, 0.29) is 6.10 Å². The summed E-state index contributed by atoms with van der Waals surface area (Å²) < 4.78 is 0. The maximum atomic E-state index is 10.5. The fourth-order valence-corrected chi connectivity index (χ4v) is 2.97. The molecule has 3 heteroatoms. The summed E-state index contributed by atoms with van der Waals surface area (Å²) in [6, 6.07) is 9.98. The smallest absolute Gasteiger partial charge is 0.0799 e. The quantitative estimate of drug-likeness (QED) is 0.887. The molecule has 1 aromatic carbocycles. The Morgan fingerprint density at radius 3 is 2.84 bits per heavy atom. The fourth-order valence-electron chi connectivity index (χ4n) is 2.97. The Hall–Kier alpha value is -1.45. The number of pyridine rings is 1. The van der Waals surface area contributed by atoms with Gasteiger partial charge in [-0.25, -0.2) is 0 Å². The molecule has 0 radical (unpaired) electrons. The van der Waals surface area contributed by atoms with E-state index in [0.29, 0.717) is 5.92 Å². The lowest BCUT2D eigenvalue weighted by atomic mass is 9.89. The Bertz CT molecular complexity index is 544. The number of hydrogen-bond donors (Lipinski definition) is 2. The van der Waals surface area contributed by atoms with Crippen molar-refractivity contribution in [3.05, 3.63) is 42.1 Å². The second kappa shape index (κ2) is 5.68. The van der Waals surface area contributed by atoms with Crippen LogP contribution in [0.2, 0.25) is 0 Å². The van der Waals surface area contributed by atoms with Crippen LogP contribution in [0.4, 0.5) is 0 Å². The molecular weight excluding hydrogens is 236 g/mol. The average Bonchev–Trinajstić information content (AvgIpc) is 2.47. The highest BCUT2D eigenvalue weighted by Gasteiger charge is 2.19. The Labute approximate surface area is 113 Å². The minimum absolute atomic E-state index is 0.379. The van der Waals surface area contributed by atoms with Crippen molar-refractivity contribution >= 4 is 10.9 Å². The van der Waals surface area contributed by atoms with Gasteiger partial charge in [-0.15, -0.1) is 0 Å². The third kappa shape index (κ3) is 2.77. The Balaban J connectivity index is 1.82. The van der Waals surface area contributed by atoms with Gasteiger partial charge in [-0.05, 0) is 56.0 Å². The van der Waals surface area contributed by atoms with Crippen LogP contribution in [0.5, 0.6) is 0 Å². The van der Waals surface area contributed by atoms with Crippen LogP contribution >= 0.6 is 0 Å². The molecule has 1 unspecified atom stereocenters. The van der Waals surface area contributed by atoms with Gasteiger partial charge in [0.05, 0.1) is 11.6 Å². The van der Waals surface area contributed by atoms with Gasteiger partial charge in [-0.3, -0.25) is 4.98 Å². The van der Waals surface area contributed by atoms with Gasteiger partial charge in [0, 0.05) is 11.6 Å². The van der Waals surface area contributed by atoms with E-state index in [1.165, 1.54) is 12.8 Å². The number of hydrogen-bond acceptors (Lipinski definition) is 3. The number of nitrogens with one attached hydrogen (secondary N) is 1. The monoisotopic (exact) mass is 256 g/mol. The molecule has 1 aromatic heterocycles. The molecule has 0 aliphatic carbocycles. The van der Waals surface area contributed by atoms with Gasteiger partial charge in [-0.2, -0.15) is 0 Å². The van der Waals surface area contributed by atoms with Gasteiger partial charge in [0.2, 0.25) is 0 Å². The molecule has 3 rings (SSSR count). The third-order valence-corrected chi connectivity index (χ3v) is 4.06. The highest BCUT2D eigenvalue weighted by molar-refractivity contribution is 5.82. The summed E-state index contributed by atoms with van der Waals surface area (Å²) in [6.07, 6.45) is 4.61. The van der Waals surface area contributed by atoms with E-state index in [1.807, 2.05) is 30.3 Å². The summed E-state index contributed by atoms with van der Waals surface area (Å²) in [4.78, 5) is 4.35. The summed E-state index contributed by atoms with van der Waals surface area (Å²) in [7, 11) is 0. The maximum Gasteiger partial charge on any atom is 0.0799 e. The highest BCUT2D eigenvalue weighted by atomic mass is 16.3. The van der Waals surface area contributed by atoms with Gasteiger partial charge in [0.1, 0.15) is 0 Å². The van der Waals surface area contributed by atoms with E-state index in [0.717, 1.165) is 36.0 Å². The van der Waals surface area contributed by atoms with Crippen LogP contribution in [0.25, 0.3) is 10.9 Å². The minimum atomic E-state index is -0.379. The molecule has 100 valence electrons. The summed E-state index contributed by atoms with van der Waals surface area (Å²) in [5, 5.41) is 15.0. The van der Waals surface area contributed by atoms with Crippen molar-refractivity contribution < 1.29 is 5.11 Å². The second-order valence-corrected chi connectivity index (χ2v) is 5.36. The Kier molecular flexibility index (Phi) is 3.76. The third-order valence-electron chi connectivity index (χ3n) is 4.06. The number of piperidine rings is 1. The molecule has 2 aromatic rings. The molecule has 1 aliphatic heterocycles. The molecule has 19 heavy (non-hydrogen) atoms. The number of fused-ring (bicyclic) bond motifs is 1. The zero-order valence-corrected chi connectivity index (χ0v) is 11.0. The first kappa shape index (κ1) is 12.6. The number of nitrogens with zero attached hydrogens (tertiary/aromatic N) is 1. The average molecular weight is 256 g/mol. The van der Waals surface area contributed by atoms with Crippen molar-refractivity contribution in [1.29, 1.82) is 0 Å². The molecule has 1 aliphatic rings. The number of para-hydroxylation sites is 1. The molecule has 2 N–H and O–H groups in total. The molecule has 0 saturated carbocycles. The predicted molar refractivity (Wildman–Crippen MR) is 76.9 cm³/mol. The minimum Gasteiger partial charge on any atom is -0.388 e. The molecule has 1 saturated heterocycles. The van der Waals surface area contributed by atoms with Gasteiger partial charge in [0.15, 0.2) is 0 Å². The molecule has 0 amide bonds. The summed E-state index contributed by atoms with van der Waals surface area (Å²) in [5.41, 5.74) is 1.98. The zero-order valence-electron chi connectivity index (χ0n) is 11.0. The normalized spacial score (nSPS) is 18.6. The van der Waals surface area contributed by atoms with Crippen molar-refractivity contribution in [3.8, 4) is 0 Å². The van der Waals surface area contributed by atoms with Crippen molar-refractivity contribution in [3.63, 3.8) is 0 Å². The molecule has 0 bridgehead atoms. The van der Waals surface area contributed by atoms with Crippen molar-refractivity contribution in [1.82, 2.24) is 10.3 Å². The standard InChI is InChI=1S/C16H20N2O/c19-16(11-12-5-8-17-9-6-12)14-7-10-18-15-4-2-1-3-13(14)15/h1-4,7,10,12,16-17,19H,5-6,8-9,11H2. The topological polar surface area (TPSA) is 45.1 Å². The Morgan fingerprint density at radius 2 is 2.00 bits per heavy atom. The lowest BCUT2D eigenvalue weighted by Gasteiger charge is -2.25. The zero-order chi connectivity index (χ0) is 13.1. The number of rotatable bonds is 3. The molecule has 0 spiro atoms. The number of benzene rings is 1. The first-order chi connectivity index (χ1) is 9.34. The lowest BCUT2D eigenvalue weighted by molar-refractivity contribution is 0.135. The van der Waals surface area contributed by atoms with Crippen LogP contribution in [0.15, 0.2) is 36.5 Å². The number of aliphatic hydroxyl groups excluding tert-OH is 1. The molecule has 3 nitrogen and oxygen atoms in total. The van der Waals surface area contributed by atoms with Crippen LogP contribution < -0.4 is 5.32 Å². The Morgan fingerprint density at radius 1 is 1.21 bits per heavy atom. The summed E-state index contributed by atoms with van der Waals surface area (Å²) in [6.45, 7) is 2.16. The SMILES string of the molecule is OC(CC1CCNCC1)c1ccnc2ccccc12. The first-order valence-electron chi connectivity index (χ1n) is 7.07. The van der Waals surface area contributed by atoms with Gasteiger partial charge >= 0.3 is 0 Å². The van der Waals surface area contributed by atoms with Gasteiger partial charge in [-0.1, -0.05) is 18.2 Å².